The lowest BCUT2D eigenvalue weighted by molar-refractivity contribution is 0.103. The standard InChI is InChI=1S/C16H17NO3/c18-15-8-17-7-10-5-12-13(20-9-19-12)6-11(10)16(15)4-2-1-3-14(16)17/h1-2,5-6,14-15,18H,3-4,7-9H2/t14-,15?,16-/m1/s1. The average Bonchev–Trinajstić information content (AvgIpc) is 2.99. The molecule has 0 spiro atoms. The van der Waals surface area contributed by atoms with Gasteiger partial charge in [0.2, 0.25) is 6.79 Å². The fourth-order valence-corrected chi connectivity index (χ4v) is 4.61. The Morgan fingerprint density at radius 3 is 2.95 bits per heavy atom. The Morgan fingerprint density at radius 2 is 2.05 bits per heavy atom. The quantitative estimate of drug-likeness (QED) is 0.727. The predicted molar refractivity (Wildman–Crippen MR) is 72.8 cm³/mol. The van der Waals surface area contributed by atoms with E-state index in [-0.39, 0.29) is 11.5 Å². The summed E-state index contributed by atoms with van der Waals surface area (Å²) in [6.45, 7) is 1.98. The summed E-state index contributed by atoms with van der Waals surface area (Å²) in [4.78, 5) is 2.43. The minimum absolute atomic E-state index is 0.149. The third-order valence-electron chi connectivity index (χ3n) is 5.49. The first-order valence-electron chi connectivity index (χ1n) is 7.29. The highest BCUT2D eigenvalue weighted by molar-refractivity contribution is 5.55. The second-order valence-corrected chi connectivity index (χ2v) is 6.28. The first-order valence-corrected chi connectivity index (χ1v) is 7.29. The molecule has 2 unspecified atom stereocenters. The molecule has 1 aromatic rings. The van der Waals surface area contributed by atoms with Crippen molar-refractivity contribution in [3.05, 3.63) is 35.4 Å². The molecule has 3 aliphatic heterocycles. The normalized spacial score (nSPS) is 39.5. The molecule has 4 heteroatoms. The SMILES string of the molecule is OC1CN2Cc3cc4c(cc3[C@@]13CC=CC[C@@H]23)OCO4. The average molecular weight is 271 g/mol. The van der Waals surface area contributed by atoms with Crippen LogP contribution < -0.4 is 9.47 Å². The van der Waals surface area contributed by atoms with Gasteiger partial charge in [-0.2, -0.15) is 0 Å². The van der Waals surface area contributed by atoms with Crippen LogP contribution >= 0.6 is 0 Å². The van der Waals surface area contributed by atoms with Crippen LogP contribution in [0.3, 0.4) is 0 Å². The Hall–Kier alpha value is -1.52. The Balaban J connectivity index is 1.77. The maximum Gasteiger partial charge on any atom is 0.231 e. The van der Waals surface area contributed by atoms with Gasteiger partial charge in [-0.15, -0.1) is 0 Å². The van der Waals surface area contributed by atoms with Gasteiger partial charge in [-0.05, 0) is 36.1 Å². The summed E-state index contributed by atoms with van der Waals surface area (Å²) in [7, 11) is 0. The van der Waals surface area contributed by atoms with Gasteiger partial charge < -0.3 is 14.6 Å². The topological polar surface area (TPSA) is 41.9 Å². The molecule has 3 heterocycles. The summed E-state index contributed by atoms with van der Waals surface area (Å²) in [6.07, 6.45) is 6.14. The molecule has 0 radical (unpaired) electrons. The molecule has 4 atom stereocenters. The van der Waals surface area contributed by atoms with E-state index in [0.717, 1.165) is 37.4 Å². The highest BCUT2D eigenvalue weighted by atomic mass is 16.7. The van der Waals surface area contributed by atoms with Crippen molar-refractivity contribution < 1.29 is 14.6 Å². The summed E-state index contributed by atoms with van der Waals surface area (Å²) >= 11 is 0. The molecule has 1 fully saturated rings. The van der Waals surface area contributed by atoms with Gasteiger partial charge in [-0.25, -0.2) is 0 Å². The van der Waals surface area contributed by atoms with Gasteiger partial charge in [0, 0.05) is 24.5 Å². The summed E-state index contributed by atoms with van der Waals surface area (Å²) in [6, 6.07) is 4.66. The van der Waals surface area contributed by atoms with Crippen LogP contribution in [0, 0.1) is 0 Å². The number of nitrogens with zero attached hydrogens (tertiary/aromatic N) is 1. The van der Waals surface area contributed by atoms with Crippen LogP contribution in [0.25, 0.3) is 0 Å². The second-order valence-electron chi connectivity index (χ2n) is 6.28. The number of fused-ring (bicyclic) bond motifs is 2. The molecule has 104 valence electrons. The van der Waals surface area contributed by atoms with Crippen LogP contribution in [0.15, 0.2) is 24.3 Å². The number of aliphatic hydroxyl groups is 1. The number of rotatable bonds is 0. The summed E-state index contributed by atoms with van der Waals surface area (Å²) in [5.41, 5.74) is 2.42. The monoisotopic (exact) mass is 271 g/mol. The summed E-state index contributed by atoms with van der Waals surface area (Å²) < 4.78 is 11.0. The maximum absolute atomic E-state index is 10.7. The highest BCUT2D eigenvalue weighted by Crippen LogP contribution is 2.54. The van der Waals surface area contributed by atoms with Gasteiger partial charge >= 0.3 is 0 Å². The van der Waals surface area contributed by atoms with E-state index in [1.807, 2.05) is 0 Å². The van der Waals surface area contributed by atoms with E-state index in [2.05, 4.69) is 29.2 Å². The molecule has 1 aliphatic carbocycles. The van der Waals surface area contributed by atoms with Crippen molar-refractivity contribution in [3.63, 3.8) is 0 Å². The van der Waals surface area contributed by atoms with Crippen molar-refractivity contribution in [1.82, 2.24) is 4.90 Å². The molecule has 1 aromatic carbocycles. The Labute approximate surface area is 117 Å². The van der Waals surface area contributed by atoms with Crippen molar-refractivity contribution in [2.24, 2.45) is 0 Å². The zero-order valence-electron chi connectivity index (χ0n) is 11.2. The minimum atomic E-state index is -0.293. The second kappa shape index (κ2) is 3.57. The number of ether oxygens (including phenoxy) is 2. The lowest BCUT2D eigenvalue weighted by atomic mass is 9.64. The third kappa shape index (κ3) is 1.15. The summed E-state index contributed by atoms with van der Waals surface area (Å²) in [5.74, 6) is 1.68. The predicted octanol–water partition coefficient (Wildman–Crippen LogP) is 1.56. The zero-order chi connectivity index (χ0) is 13.3. The molecule has 4 nitrogen and oxygen atoms in total. The van der Waals surface area contributed by atoms with Gasteiger partial charge in [0.05, 0.1) is 6.10 Å². The molecule has 1 saturated heterocycles. The Kier molecular flexibility index (Phi) is 1.99. The van der Waals surface area contributed by atoms with Crippen molar-refractivity contribution >= 4 is 0 Å². The van der Waals surface area contributed by atoms with Crippen LogP contribution in [0.2, 0.25) is 0 Å². The zero-order valence-corrected chi connectivity index (χ0v) is 11.2. The molecular weight excluding hydrogens is 254 g/mol. The number of aliphatic hydroxyl groups excluding tert-OH is 1. The van der Waals surface area contributed by atoms with Crippen LogP contribution in [0.1, 0.15) is 24.0 Å². The van der Waals surface area contributed by atoms with Crippen LogP contribution in [0.4, 0.5) is 0 Å². The first-order chi connectivity index (χ1) is 9.79. The van der Waals surface area contributed by atoms with Crippen LogP contribution in [0.5, 0.6) is 11.5 Å². The number of hydrogen-bond donors (Lipinski definition) is 1. The largest absolute Gasteiger partial charge is 0.454 e. The molecule has 4 aliphatic rings. The lowest BCUT2D eigenvalue weighted by Gasteiger charge is -2.46. The summed E-state index contributed by atoms with van der Waals surface area (Å²) in [5, 5.41) is 10.7. The van der Waals surface area contributed by atoms with Crippen molar-refractivity contribution in [2.45, 2.75) is 36.9 Å². The van der Waals surface area contributed by atoms with Crippen LogP contribution in [-0.2, 0) is 12.0 Å². The van der Waals surface area contributed by atoms with E-state index in [1.54, 1.807) is 0 Å². The molecule has 1 N–H and O–H groups in total. The van der Waals surface area contributed by atoms with E-state index in [9.17, 15) is 5.11 Å². The minimum Gasteiger partial charge on any atom is -0.454 e. The van der Waals surface area contributed by atoms with E-state index < -0.39 is 0 Å². The Morgan fingerprint density at radius 1 is 1.20 bits per heavy atom. The molecule has 0 aromatic heterocycles. The first kappa shape index (κ1) is 11.2. The van der Waals surface area contributed by atoms with E-state index in [0.29, 0.717) is 12.8 Å². The fourth-order valence-electron chi connectivity index (χ4n) is 4.61. The van der Waals surface area contributed by atoms with E-state index in [4.69, 9.17) is 9.47 Å². The number of hydrogen-bond acceptors (Lipinski definition) is 4. The van der Waals surface area contributed by atoms with Crippen LogP contribution in [-0.4, -0.2) is 35.5 Å². The van der Waals surface area contributed by atoms with E-state index in [1.165, 1.54) is 11.1 Å². The van der Waals surface area contributed by atoms with Crippen molar-refractivity contribution in [3.8, 4) is 11.5 Å². The number of allylic oxidation sites excluding steroid dienone is 1. The maximum atomic E-state index is 10.7. The smallest absolute Gasteiger partial charge is 0.231 e. The van der Waals surface area contributed by atoms with Gasteiger partial charge in [0.25, 0.3) is 0 Å². The van der Waals surface area contributed by atoms with Gasteiger partial charge in [-0.1, -0.05) is 12.2 Å². The molecule has 0 saturated carbocycles. The lowest BCUT2D eigenvalue weighted by Crippen LogP contribution is -2.50. The van der Waals surface area contributed by atoms with Gasteiger partial charge in [0.15, 0.2) is 11.5 Å². The fraction of sp³-hybridized carbons (Fsp3) is 0.500. The molecule has 2 bridgehead atoms. The molecular formula is C16H17NO3. The Bertz CT molecular complexity index is 626. The van der Waals surface area contributed by atoms with E-state index >= 15 is 0 Å². The number of benzene rings is 1. The molecule has 20 heavy (non-hydrogen) atoms. The molecule has 5 rings (SSSR count). The van der Waals surface area contributed by atoms with Gasteiger partial charge in [0.1, 0.15) is 0 Å². The highest BCUT2D eigenvalue weighted by Gasteiger charge is 2.58. The van der Waals surface area contributed by atoms with Gasteiger partial charge in [-0.3, -0.25) is 4.90 Å². The molecule has 0 amide bonds. The third-order valence-corrected chi connectivity index (χ3v) is 5.49. The van der Waals surface area contributed by atoms with Crippen molar-refractivity contribution in [2.75, 3.05) is 13.3 Å². The van der Waals surface area contributed by atoms with Crippen molar-refractivity contribution in [1.29, 1.82) is 0 Å².